The number of rotatable bonds is 7. The van der Waals surface area contributed by atoms with Crippen molar-refractivity contribution < 1.29 is 9.32 Å². The standard InChI is InChI=1S/C21H31N5O2/c1-5-21(3,4)23-18(27)14-25-10-12-26(13-11-25)15-19-22-20(24-28-19)17-8-6-16(2)7-9-17/h6-9H,5,10-15H2,1-4H3,(H,23,27). The van der Waals surface area contributed by atoms with E-state index in [1.165, 1.54) is 5.56 Å². The molecular weight excluding hydrogens is 354 g/mol. The van der Waals surface area contributed by atoms with E-state index >= 15 is 0 Å². The van der Waals surface area contributed by atoms with Gasteiger partial charge in [0.2, 0.25) is 17.6 Å². The number of amides is 1. The fourth-order valence-electron chi connectivity index (χ4n) is 3.14. The van der Waals surface area contributed by atoms with Crippen LogP contribution in [-0.2, 0) is 11.3 Å². The van der Waals surface area contributed by atoms with Crippen molar-refractivity contribution in [1.29, 1.82) is 0 Å². The Morgan fingerprint density at radius 2 is 1.79 bits per heavy atom. The highest BCUT2D eigenvalue weighted by molar-refractivity contribution is 5.78. The van der Waals surface area contributed by atoms with E-state index in [4.69, 9.17) is 4.52 Å². The third kappa shape index (κ3) is 5.62. The first-order valence-electron chi connectivity index (χ1n) is 10.00. The Labute approximate surface area is 167 Å². The molecule has 1 amide bonds. The average molecular weight is 386 g/mol. The molecule has 28 heavy (non-hydrogen) atoms. The predicted molar refractivity (Wildman–Crippen MR) is 109 cm³/mol. The fourth-order valence-corrected chi connectivity index (χ4v) is 3.14. The fraction of sp³-hybridized carbons (Fsp3) is 0.571. The van der Waals surface area contributed by atoms with Gasteiger partial charge in [-0.25, -0.2) is 0 Å². The minimum Gasteiger partial charge on any atom is -0.350 e. The van der Waals surface area contributed by atoms with Crippen LogP contribution in [0.5, 0.6) is 0 Å². The van der Waals surface area contributed by atoms with E-state index in [0.717, 1.165) is 38.2 Å². The Balaban J connectivity index is 1.46. The molecule has 0 aliphatic carbocycles. The van der Waals surface area contributed by atoms with E-state index in [-0.39, 0.29) is 11.4 Å². The molecule has 3 rings (SSSR count). The van der Waals surface area contributed by atoms with Crippen LogP contribution in [0.15, 0.2) is 28.8 Å². The second-order valence-electron chi connectivity index (χ2n) is 8.22. The van der Waals surface area contributed by atoms with Crippen LogP contribution in [0.1, 0.15) is 38.6 Å². The summed E-state index contributed by atoms with van der Waals surface area (Å²) in [6, 6.07) is 8.10. The number of piperazine rings is 1. The van der Waals surface area contributed by atoms with Crippen LogP contribution in [0.2, 0.25) is 0 Å². The molecule has 1 aromatic carbocycles. The van der Waals surface area contributed by atoms with Crippen molar-refractivity contribution in [2.75, 3.05) is 32.7 Å². The van der Waals surface area contributed by atoms with E-state index in [1.54, 1.807) is 0 Å². The maximum Gasteiger partial charge on any atom is 0.241 e. The zero-order valence-corrected chi connectivity index (χ0v) is 17.4. The van der Waals surface area contributed by atoms with Crippen LogP contribution in [0, 0.1) is 6.92 Å². The third-order valence-corrected chi connectivity index (χ3v) is 5.33. The summed E-state index contributed by atoms with van der Waals surface area (Å²) in [6.45, 7) is 12.8. The van der Waals surface area contributed by atoms with Crippen LogP contribution in [-0.4, -0.2) is 64.1 Å². The summed E-state index contributed by atoms with van der Waals surface area (Å²) >= 11 is 0. The number of benzene rings is 1. The minimum atomic E-state index is -0.147. The van der Waals surface area contributed by atoms with Crippen molar-refractivity contribution in [3.63, 3.8) is 0 Å². The van der Waals surface area contributed by atoms with Crippen molar-refractivity contribution in [2.24, 2.45) is 0 Å². The minimum absolute atomic E-state index is 0.0972. The van der Waals surface area contributed by atoms with Gasteiger partial charge in [-0.15, -0.1) is 0 Å². The van der Waals surface area contributed by atoms with E-state index in [2.05, 4.69) is 53.0 Å². The van der Waals surface area contributed by atoms with E-state index in [1.807, 2.05) is 24.3 Å². The maximum absolute atomic E-state index is 12.2. The first-order chi connectivity index (χ1) is 13.3. The second kappa shape index (κ2) is 8.84. The van der Waals surface area contributed by atoms with Gasteiger partial charge in [-0.1, -0.05) is 41.9 Å². The highest BCUT2D eigenvalue weighted by Gasteiger charge is 2.23. The summed E-state index contributed by atoms with van der Waals surface area (Å²) in [6.07, 6.45) is 0.918. The number of hydrogen-bond donors (Lipinski definition) is 1. The van der Waals surface area contributed by atoms with Crippen LogP contribution in [0.4, 0.5) is 0 Å². The SMILES string of the molecule is CCC(C)(C)NC(=O)CN1CCN(Cc2nc(-c3ccc(C)cc3)no2)CC1. The number of carbonyl (C=O) groups is 1. The van der Waals surface area contributed by atoms with Gasteiger partial charge in [0.1, 0.15) is 0 Å². The molecular formula is C21H31N5O2. The van der Waals surface area contributed by atoms with E-state index in [9.17, 15) is 4.79 Å². The summed E-state index contributed by atoms with van der Waals surface area (Å²) < 4.78 is 5.43. The number of carbonyl (C=O) groups excluding carboxylic acids is 1. The highest BCUT2D eigenvalue weighted by atomic mass is 16.5. The molecule has 0 atom stereocenters. The van der Waals surface area contributed by atoms with Crippen LogP contribution < -0.4 is 5.32 Å². The maximum atomic E-state index is 12.2. The summed E-state index contributed by atoms with van der Waals surface area (Å²) in [4.78, 5) is 21.2. The molecule has 0 bridgehead atoms. The zero-order valence-electron chi connectivity index (χ0n) is 17.4. The lowest BCUT2D eigenvalue weighted by Crippen LogP contribution is -2.52. The topological polar surface area (TPSA) is 74.5 Å². The largest absolute Gasteiger partial charge is 0.350 e. The van der Waals surface area contributed by atoms with Crippen molar-refractivity contribution >= 4 is 5.91 Å². The first kappa shape index (κ1) is 20.5. The van der Waals surface area contributed by atoms with Gasteiger partial charge in [-0.3, -0.25) is 14.6 Å². The lowest BCUT2D eigenvalue weighted by atomic mass is 10.0. The van der Waals surface area contributed by atoms with Crippen LogP contribution in [0.3, 0.4) is 0 Å². The van der Waals surface area contributed by atoms with Gasteiger partial charge in [-0.2, -0.15) is 4.98 Å². The molecule has 0 radical (unpaired) electrons. The number of hydrogen-bond acceptors (Lipinski definition) is 6. The molecule has 1 saturated heterocycles. The Kier molecular flexibility index (Phi) is 6.46. The molecule has 0 saturated carbocycles. The summed E-state index contributed by atoms with van der Waals surface area (Å²) in [5, 5.41) is 7.20. The molecule has 1 fully saturated rings. The third-order valence-electron chi connectivity index (χ3n) is 5.33. The van der Waals surface area contributed by atoms with E-state index in [0.29, 0.717) is 24.8 Å². The molecule has 152 valence electrons. The Morgan fingerprint density at radius 3 is 2.43 bits per heavy atom. The van der Waals surface area contributed by atoms with Gasteiger partial charge >= 0.3 is 0 Å². The van der Waals surface area contributed by atoms with Crippen molar-refractivity contribution in [3.05, 3.63) is 35.7 Å². The number of aryl methyl sites for hydroxylation is 1. The molecule has 2 aromatic rings. The smallest absolute Gasteiger partial charge is 0.241 e. The molecule has 7 nitrogen and oxygen atoms in total. The van der Waals surface area contributed by atoms with Crippen LogP contribution in [0.25, 0.3) is 11.4 Å². The van der Waals surface area contributed by atoms with Gasteiger partial charge in [0.15, 0.2) is 0 Å². The average Bonchev–Trinajstić information content (AvgIpc) is 3.12. The number of nitrogens with zero attached hydrogens (tertiary/aromatic N) is 4. The predicted octanol–water partition coefficient (Wildman–Crippen LogP) is 2.47. The molecule has 7 heteroatoms. The molecule has 1 aliphatic heterocycles. The van der Waals surface area contributed by atoms with Crippen molar-refractivity contribution in [2.45, 2.75) is 46.2 Å². The molecule has 2 heterocycles. The Morgan fingerprint density at radius 1 is 1.14 bits per heavy atom. The van der Waals surface area contributed by atoms with Gasteiger partial charge in [0.25, 0.3) is 0 Å². The van der Waals surface area contributed by atoms with Gasteiger partial charge in [0.05, 0.1) is 13.1 Å². The number of aromatic nitrogens is 2. The monoisotopic (exact) mass is 385 g/mol. The van der Waals surface area contributed by atoms with Crippen LogP contribution >= 0.6 is 0 Å². The van der Waals surface area contributed by atoms with Gasteiger partial charge in [0, 0.05) is 37.3 Å². The first-order valence-corrected chi connectivity index (χ1v) is 10.00. The van der Waals surface area contributed by atoms with Crippen molar-refractivity contribution in [3.8, 4) is 11.4 Å². The Hall–Kier alpha value is -2.25. The van der Waals surface area contributed by atoms with Crippen molar-refractivity contribution in [1.82, 2.24) is 25.3 Å². The summed E-state index contributed by atoms with van der Waals surface area (Å²) in [7, 11) is 0. The second-order valence-corrected chi connectivity index (χ2v) is 8.22. The molecule has 0 spiro atoms. The summed E-state index contributed by atoms with van der Waals surface area (Å²) in [5.74, 6) is 1.36. The molecule has 1 N–H and O–H groups in total. The summed E-state index contributed by atoms with van der Waals surface area (Å²) in [5.41, 5.74) is 2.02. The quantitative estimate of drug-likeness (QED) is 0.789. The van der Waals surface area contributed by atoms with E-state index < -0.39 is 0 Å². The Bertz CT molecular complexity index is 776. The molecule has 1 aromatic heterocycles. The normalized spacial score (nSPS) is 16.3. The lowest BCUT2D eigenvalue weighted by molar-refractivity contribution is -0.124. The zero-order chi connectivity index (χ0) is 20.1. The number of nitrogens with one attached hydrogen (secondary N) is 1. The molecule has 0 unspecified atom stereocenters. The molecule has 1 aliphatic rings. The van der Waals surface area contributed by atoms with Gasteiger partial charge < -0.3 is 9.84 Å². The van der Waals surface area contributed by atoms with Gasteiger partial charge in [-0.05, 0) is 27.2 Å². The lowest BCUT2D eigenvalue weighted by Gasteiger charge is -2.34. The highest BCUT2D eigenvalue weighted by Crippen LogP contribution is 2.17.